The molecule has 0 bridgehead atoms. The van der Waals surface area contributed by atoms with Gasteiger partial charge in [0.05, 0.1) is 17.9 Å². The molecule has 0 aromatic heterocycles. The standard InChI is InChI=1S/C9H9BrN2O/c10-8-2-1-3-9(7(8)6-11)12-4-5-13/h1-3,12-13H,4-5H2. The summed E-state index contributed by atoms with van der Waals surface area (Å²) in [5, 5.41) is 20.4. The first-order valence-electron chi connectivity index (χ1n) is 3.83. The lowest BCUT2D eigenvalue weighted by molar-refractivity contribution is 0.311. The van der Waals surface area contributed by atoms with Crippen molar-refractivity contribution in [2.24, 2.45) is 0 Å². The highest BCUT2D eigenvalue weighted by molar-refractivity contribution is 9.10. The van der Waals surface area contributed by atoms with E-state index in [-0.39, 0.29) is 6.61 Å². The minimum atomic E-state index is 0.0530. The molecule has 2 N–H and O–H groups in total. The summed E-state index contributed by atoms with van der Waals surface area (Å²) in [5.74, 6) is 0. The first-order chi connectivity index (χ1) is 6.29. The van der Waals surface area contributed by atoms with Crippen LogP contribution in [0.25, 0.3) is 0 Å². The SMILES string of the molecule is N#Cc1c(Br)cccc1NCCO. The van der Waals surface area contributed by atoms with E-state index in [1.807, 2.05) is 12.1 Å². The van der Waals surface area contributed by atoms with E-state index in [4.69, 9.17) is 10.4 Å². The van der Waals surface area contributed by atoms with Crippen LogP contribution in [0.3, 0.4) is 0 Å². The van der Waals surface area contributed by atoms with Gasteiger partial charge in [0.2, 0.25) is 0 Å². The van der Waals surface area contributed by atoms with Gasteiger partial charge in [-0.3, -0.25) is 0 Å². The van der Waals surface area contributed by atoms with Gasteiger partial charge in [-0.25, -0.2) is 0 Å². The van der Waals surface area contributed by atoms with Crippen LogP contribution in [0.5, 0.6) is 0 Å². The Kier molecular flexibility index (Phi) is 3.74. The van der Waals surface area contributed by atoms with Gasteiger partial charge in [0.15, 0.2) is 0 Å². The zero-order valence-electron chi connectivity index (χ0n) is 6.92. The van der Waals surface area contributed by atoms with Crippen LogP contribution in [0.15, 0.2) is 22.7 Å². The van der Waals surface area contributed by atoms with Crippen molar-refractivity contribution >= 4 is 21.6 Å². The van der Waals surface area contributed by atoms with Crippen LogP contribution in [0.1, 0.15) is 5.56 Å². The molecule has 0 heterocycles. The van der Waals surface area contributed by atoms with E-state index in [9.17, 15) is 0 Å². The Morgan fingerprint density at radius 2 is 2.31 bits per heavy atom. The number of nitrogens with zero attached hydrogens (tertiary/aromatic N) is 1. The predicted octanol–water partition coefficient (Wildman–Crippen LogP) is 1.72. The molecule has 3 nitrogen and oxygen atoms in total. The molecule has 68 valence electrons. The Bertz CT molecular complexity index is 333. The molecule has 0 aliphatic heterocycles. The van der Waals surface area contributed by atoms with Crippen LogP contribution in [0, 0.1) is 11.3 Å². The topological polar surface area (TPSA) is 56.0 Å². The molecular weight excluding hydrogens is 232 g/mol. The molecule has 0 aliphatic rings. The number of nitriles is 1. The second-order valence-corrected chi connectivity index (χ2v) is 3.28. The molecule has 1 aromatic rings. The minimum Gasteiger partial charge on any atom is -0.395 e. The number of halogens is 1. The molecule has 4 heteroatoms. The van der Waals surface area contributed by atoms with Gasteiger partial charge < -0.3 is 10.4 Å². The molecular formula is C9H9BrN2O. The van der Waals surface area contributed by atoms with Crippen molar-refractivity contribution < 1.29 is 5.11 Å². The fraction of sp³-hybridized carbons (Fsp3) is 0.222. The Morgan fingerprint density at radius 1 is 1.54 bits per heavy atom. The predicted molar refractivity (Wildman–Crippen MR) is 54.4 cm³/mol. The third kappa shape index (κ3) is 2.44. The molecule has 0 amide bonds. The van der Waals surface area contributed by atoms with E-state index < -0.39 is 0 Å². The Morgan fingerprint density at radius 3 is 2.92 bits per heavy atom. The van der Waals surface area contributed by atoms with Crippen LogP contribution in [0.2, 0.25) is 0 Å². The van der Waals surface area contributed by atoms with Gasteiger partial charge in [0.25, 0.3) is 0 Å². The lowest BCUT2D eigenvalue weighted by Gasteiger charge is -2.06. The van der Waals surface area contributed by atoms with Gasteiger partial charge in [-0.05, 0) is 28.1 Å². The molecule has 0 saturated heterocycles. The number of rotatable bonds is 3. The number of hydrogen-bond donors (Lipinski definition) is 2. The number of nitrogens with one attached hydrogen (secondary N) is 1. The highest BCUT2D eigenvalue weighted by Crippen LogP contribution is 2.23. The maximum Gasteiger partial charge on any atom is 0.103 e. The lowest BCUT2D eigenvalue weighted by Crippen LogP contribution is -2.06. The van der Waals surface area contributed by atoms with Crippen molar-refractivity contribution in [3.05, 3.63) is 28.2 Å². The summed E-state index contributed by atoms with van der Waals surface area (Å²) < 4.78 is 0.762. The van der Waals surface area contributed by atoms with Crippen LogP contribution in [-0.4, -0.2) is 18.3 Å². The maximum atomic E-state index is 8.82. The third-order valence-electron chi connectivity index (χ3n) is 1.55. The molecule has 0 fully saturated rings. The van der Waals surface area contributed by atoms with Crippen LogP contribution < -0.4 is 5.32 Å². The average molecular weight is 241 g/mol. The first-order valence-corrected chi connectivity index (χ1v) is 4.62. The molecule has 0 unspecified atom stereocenters. The Labute approximate surface area is 85.1 Å². The highest BCUT2D eigenvalue weighted by atomic mass is 79.9. The molecule has 13 heavy (non-hydrogen) atoms. The smallest absolute Gasteiger partial charge is 0.103 e. The summed E-state index contributed by atoms with van der Waals surface area (Å²) >= 11 is 3.27. The third-order valence-corrected chi connectivity index (χ3v) is 2.21. The molecule has 1 aromatic carbocycles. The summed E-state index contributed by atoms with van der Waals surface area (Å²) in [6, 6.07) is 7.53. The number of anilines is 1. The van der Waals surface area contributed by atoms with Gasteiger partial charge in [0.1, 0.15) is 6.07 Å². The van der Waals surface area contributed by atoms with Crippen LogP contribution in [-0.2, 0) is 0 Å². The molecule has 1 rings (SSSR count). The summed E-state index contributed by atoms with van der Waals surface area (Å²) in [4.78, 5) is 0. The summed E-state index contributed by atoms with van der Waals surface area (Å²) in [6.45, 7) is 0.502. The molecule has 0 aliphatic carbocycles. The van der Waals surface area contributed by atoms with E-state index in [0.29, 0.717) is 12.1 Å². The van der Waals surface area contributed by atoms with Crippen molar-refractivity contribution in [1.29, 1.82) is 5.26 Å². The highest BCUT2D eigenvalue weighted by Gasteiger charge is 2.03. The van der Waals surface area contributed by atoms with Crippen LogP contribution in [0.4, 0.5) is 5.69 Å². The number of benzene rings is 1. The first kappa shape index (κ1) is 10.0. The Hall–Kier alpha value is -1.05. The summed E-state index contributed by atoms with van der Waals surface area (Å²) in [6.07, 6.45) is 0. The largest absolute Gasteiger partial charge is 0.395 e. The van der Waals surface area contributed by atoms with E-state index in [1.54, 1.807) is 6.07 Å². The number of aliphatic hydroxyl groups is 1. The second kappa shape index (κ2) is 4.85. The lowest BCUT2D eigenvalue weighted by atomic mass is 10.2. The molecule has 0 spiro atoms. The fourth-order valence-electron chi connectivity index (χ4n) is 0.976. The normalized spacial score (nSPS) is 9.31. The van der Waals surface area contributed by atoms with E-state index in [0.717, 1.165) is 10.2 Å². The van der Waals surface area contributed by atoms with Crippen molar-refractivity contribution in [3.63, 3.8) is 0 Å². The van der Waals surface area contributed by atoms with Gasteiger partial charge in [0, 0.05) is 11.0 Å². The van der Waals surface area contributed by atoms with Gasteiger partial charge in [-0.2, -0.15) is 5.26 Å². The summed E-state index contributed by atoms with van der Waals surface area (Å²) in [5.41, 5.74) is 1.31. The molecule has 0 atom stereocenters. The fourth-order valence-corrected chi connectivity index (χ4v) is 1.43. The maximum absolute atomic E-state index is 8.82. The Balaban J connectivity index is 2.93. The zero-order valence-corrected chi connectivity index (χ0v) is 8.50. The zero-order chi connectivity index (χ0) is 9.68. The van der Waals surface area contributed by atoms with Crippen LogP contribution >= 0.6 is 15.9 Å². The summed E-state index contributed by atoms with van der Waals surface area (Å²) in [7, 11) is 0. The van der Waals surface area contributed by atoms with Gasteiger partial charge in [-0.1, -0.05) is 6.07 Å². The number of hydrogen-bond acceptors (Lipinski definition) is 3. The quantitative estimate of drug-likeness (QED) is 0.847. The van der Waals surface area contributed by atoms with Crippen molar-refractivity contribution in [3.8, 4) is 6.07 Å². The second-order valence-electron chi connectivity index (χ2n) is 2.42. The van der Waals surface area contributed by atoms with Crippen molar-refractivity contribution in [2.75, 3.05) is 18.5 Å². The van der Waals surface area contributed by atoms with Gasteiger partial charge >= 0.3 is 0 Å². The van der Waals surface area contributed by atoms with E-state index in [2.05, 4.69) is 27.3 Å². The molecule has 0 saturated carbocycles. The monoisotopic (exact) mass is 240 g/mol. The van der Waals surface area contributed by atoms with Crippen molar-refractivity contribution in [2.45, 2.75) is 0 Å². The van der Waals surface area contributed by atoms with Gasteiger partial charge in [-0.15, -0.1) is 0 Å². The van der Waals surface area contributed by atoms with E-state index >= 15 is 0 Å². The molecule has 0 radical (unpaired) electrons. The average Bonchev–Trinajstić information content (AvgIpc) is 2.15. The van der Waals surface area contributed by atoms with E-state index in [1.165, 1.54) is 0 Å². The van der Waals surface area contributed by atoms with Crippen molar-refractivity contribution in [1.82, 2.24) is 0 Å². The minimum absolute atomic E-state index is 0.0530. The number of aliphatic hydroxyl groups excluding tert-OH is 1.